The topological polar surface area (TPSA) is 60.8 Å². The van der Waals surface area contributed by atoms with Gasteiger partial charge in [-0.25, -0.2) is 4.39 Å². The number of carbonyl (C=O) groups excluding carboxylic acids is 1. The summed E-state index contributed by atoms with van der Waals surface area (Å²) in [5, 5.41) is 18.7. The largest absolute Gasteiger partial charge is 0.390 e. The van der Waals surface area contributed by atoms with Gasteiger partial charge < -0.3 is 15.1 Å². The zero-order chi connectivity index (χ0) is 13.3. The van der Waals surface area contributed by atoms with Gasteiger partial charge in [-0.3, -0.25) is 4.79 Å². The summed E-state index contributed by atoms with van der Waals surface area (Å²) in [4.78, 5) is 13.2. The van der Waals surface area contributed by atoms with Crippen molar-refractivity contribution in [3.63, 3.8) is 0 Å². The number of benzene rings is 1. The summed E-state index contributed by atoms with van der Waals surface area (Å²) in [5.41, 5.74) is 1.39. The minimum absolute atomic E-state index is 0.143. The van der Waals surface area contributed by atoms with E-state index >= 15 is 0 Å². The molecule has 98 valence electrons. The maximum absolute atomic E-state index is 13.6. The molecule has 1 amide bonds. The van der Waals surface area contributed by atoms with Crippen molar-refractivity contribution in [1.82, 2.24) is 4.90 Å². The van der Waals surface area contributed by atoms with Gasteiger partial charge in [0.1, 0.15) is 5.82 Å². The van der Waals surface area contributed by atoms with Gasteiger partial charge >= 0.3 is 0 Å². The van der Waals surface area contributed by atoms with E-state index in [-0.39, 0.29) is 12.4 Å². The second-order valence-electron chi connectivity index (χ2n) is 4.57. The third kappa shape index (κ3) is 2.37. The fourth-order valence-electron chi connectivity index (χ4n) is 2.12. The van der Waals surface area contributed by atoms with E-state index < -0.39 is 18.1 Å². The van der Waals surface area contributed by atoms with Crippen LogP contribution in [0.3, 0.4) is 0 Å². The third-order valence-electron chi connectivity index (χ3n) is 3.24. The number of aliphatic hydroxyl groups is 2. The van der Waals surface area contributed by atoms with E-state index in [4.69, 9.17) is 0 Å². The van der Waals surface area contributed by atoms with Crippen molar-refractivity contribution in [1.29, 1.82) is 0 Å². The van der Waals surface area contributed by atoms with Crippen LogP contribution in [0.5, 0.6) is 0 Å². The smallest absolute Gasteiger partial charge is 0.254 e. The zero-order valence-corrected chi connectivity index (χ0v) is 10.1. The molecule has 0 bridgehead atoms. The minimum atomic E-state index is -1.45. The number of fused-ring (bicyclic) bond motifs is 1. The van der Waals surface area contributed by atoms with E-state index in [9.17, 15) is 19.4 Å². The lowest BCUT2D eigenvalue weighted by molar-refractivity contribution is -0.146. The number of nitrogens with zero attached hydrogens (tertiary/aromatic N) is 1. The number of amides is 1. The maximum atomic E-state index is 13.6. The van der Waals surface area contributed by atoms with Crippen molar-refractivity contribution in [2.45, 2.75) is 32.1 Å². The summed E-state index contributed by atoms with van der Waals surface area (Å²) in [5.74, 6) is -0.893. The first-order valence-electron chi connectivity index (χ1n) is 5.92. The summed E-state index contributed by atoms with van der Waals surface area (Å²) < 4.78 is 13.6. The molecule has 2 N–H and O–H groups in total. The Kier molecular flexibility index (Phi) is 3.63. The van der Waals surface area contributed by atoms with Crippen molar-refractivity contribution in [3.05, 3.63) is 35.1 Å². The van der Waals surface area contributed by atoms with Crippen molar-refractivity contribution < 1.29 is 19.4 Å². The number of halogens is 1. The van der Waals surface area contributed by atoms with E-state index in [1.165, 1.54) is 17.9 Å². The number of carbonyl (C=O) groups is 1. The normalized spacial score (nSPS) is 18.1. The molecule has 2 atom stereocenters. The van der Waals surface area contributed by atoms with Gasteiger partial charge in [0.15, 0.2) is 6.10 Å². The monoisotopic (exact) mass is 253 g/mol. The molecule has 0 aromatic heterocycles. The van der Waals surface area contributed by atoms with Gasteiger partial charge in [-0.2, -0.15) is 0 Å². The van der Waals surface area contributed by atoms with Crippen LogP contribution in [0, 0.1) is 5.82 Å². The first-order valence-corrected chi connectivity index (χ1v) is 5.92. The van der Waals surface area contributed by atoms with Gasteiger partial charge in [0.05, 0.1) is 6.10 Å². The van der Waals surface area contributed by atoms with Gasteiger partial charge in [0.2, 0.25) is 0 Å². The van der Waals surface area contributed by atoms with Crippen molar-refractivity contribution in [2.75, 3.05) is 6.54 Å². The van der Waals surface area contributed by atoms with Crippen LogP contribution in [-0.4, -0.2) is 39.8 Å². The highest BCUT2D eigenvalue weighted by Gasteiger charge is 2.29. The molecule has 1 aromatic carbocycles. The van der Waals surface area contributed by atoms with Gasteiger partial charge in [-0.1, -0.05) is 12.1 Å². The lowest BCUT2D eigenvalue weighted by atomic mass is 9.98. The van der Waals surface area contributed by atoms with Crippen molar-refractivity contribution in [2.24, 2.45) is 0 Å². The lowest BCUT2D eigenvalue weighted by Gasteiger charge is -2.31. The fourth-order valence-corrected chi connectivity index (χ4v) is 2.12. The molecular formula is C13H16FNO3. The Hall–Kier alpha value is -1.46. The van der Waals surface area contributed by atoms with E-state index in [1.807, 2.05) is 6.07 Å². The highest BCUT2D eigenvalue weighted by Crippen LogP contribution is 2.22. The van der Waals surface area contributed by atoms with Crippen LogP contribution in [0.25, 0.3) is 0 Å². The van der Waals surface area contributed by atoms with Crippen LogP contribution in [0.1, 0.15) is 18.1 Å². The highest BCUT2D eigenvalue weighted by atomic mass is 19.1. The van der Waals surface area contributed by atoms with Gasteiger partial charge in [0.25, 0.3) is 5.91 Å². The molecule has 0 saturated heterocycles. The van der Waals surface area contributed by atoms with E-state index in [2.05, 4.69) is 0 Å². The molecule has 5 heteroatoms. The predicted molar refractivity (Wildman–Crippen MR) is 63.2 cm³/mol. The van der Waals surface area contributed by atoms with Crippen LogP contribution in [-0.2, 0) is 17.8 Å². The standard InChI is InChI=1S/C13H16FNO3/c1-8(16)12(17)13(18)15-6-5-9-3-2-4-11(14)10(9)7-15/h2-4,8,12,16-17H,5-7H2,1H3/t8-,12+/m0/s1. The molecule has 2 rings (SSSR count). The molecule has 0 radical (unpaired) electrons. The summed E-state index contributed by atoms with van der Waals surface area (Å²) >= 11 is 0. The molecule has 18 heavy (non-hydrogen) atoms. The number of aliphatic hydroxyl groups excluding tert-OH is 2. The SMILES string of the molecule is C[C@H](O)[C@@H](O)C(=O)N1CCc2cccc(F)c2C1. The Morgan fingerprint density at radius 1 is 1.44 bits per heavy atom. The lowest BCUT2D eigenvalue weighted by Crippen LogP contribution is -2.46. The first kappa shape index (κ1) is 13.0. The van der Waals surface area contributed by atoms with E-state index in [0.717, 1.165) is 5.56 Å². The average Bonchev–Trinajstić information content (AvgIpc) is 2.37. The van der Waals surface area contributed by atoms with Gasteiger partial charge in [-0.05, 0) is 25.0 Å². The average molecular weight is 253 g/mol. The molecule has 0 fully saturated rings. The molecule has 4 nitrogen and oxygen atoms in total. The first-order chi connectivity index (χ1) is 8.50. The number of hydrogen-bond donors (Lipinski definition) is 2. The second kappa shape index (κ2) is 5.04. The third-order valence-corrected chi connectivity index (χ3v) is 3.24. The summed E-state index contributed by atoms with van der Waals surface area (Å²) in [7, 11) is 0. The van der Waals surface area contributed by atoms with E-state index in [1.54, 1.807) is 6.07 Å². The van der Waals surface area contributed by atoms with E-state index in [0.29, 0.717) is 18.5 Å². The van der Waals surface area contributed by atoms with Crippen molar-refractivity contribution >= 4 is 5.91 Å². The molecule has 1 aliphatic heterocycles. The number of hydrogen-bond acceptors (Lipinski definition) is 3. The molecule has 0 unspecified atom stereocenters. The Bertz CT molecular complexity index is 462. The van der Waals surface area contributed by atoms with Crippen LogP contribution in [0.4, 0.5) is 4.39 Å². The Balaban J connectivity index is 2.17. The van der Waals surface area contributed by atoms with Crippen LogP contribution < -0.4 is 0 Å². The fraction of sp³-hybridized carbons (Fsp3) is 0.462. The Morgan fingerprint density at radius 3 is 2.83 bits per heavy atom. The molecule has 0 aliphatic carbocycles. The summed E-state index contributed by atoms with van der Waals surface area (Å²) in [6.45, 7) is 1.92. The van der Waals surface area contributed by atoms with Crippen LogP contribution in [0.15, 0.2) is 18.2 Å². The quantitative estimate of drug-likeness (QED) is 0.804. The van der Waals surface area contributed by atoms with Crippen LogP contribution >= 0.6 is 0 Å². The number of rotatable bonds is 2. The molecular weight excluding hydrogens is 237 g/mol. The van der Waals surface area contributed by atoms with Crippen molar-refractivity contribution in [3.8, 4) is 0 Å². The molecule has 1 heterocycles. The second-order valence-corrected chi connectivity index (χ2v) is 4.57. The Morgan fingerprint density at radius 2 is 2.17 bits per heavy atom. The molecule has 0 saturated carbocycles. The minimum Gasteiger partial charge on any atom is -0.390 e. The van der Waals surface area contributed by atoms with Gasteiger partial charge in [0, 0.05) is 18.7 Å². The zero-order valence-electron chi connectivity index (χ0n) is 10.1. The van der Waals surface area contributed by atoms with Gasteiger partial charge in [-0.15, -0.1) is 0 Å². The van der Waals surface area contributed by atoms with Crippen LogP contribution in [0.2, 0.25) is 0 Å². The molecule has 1 aromatic rings. The highest BCUT2D eigenvalue weighted by molar-refractivity contribution is 5.81. The molecule has 1 aliphatic rings. The summed E-state index contributed by atoms with van der Waals surface area (Å²) in [6.07, 6.45) is -2.01. The predicted octanol–water partition coefficient (Wildman–Crippen LogP) is 0.452. The summed E-state index contributed by atoms with van der Waals surface area (Å²) in [6, 6.07) is 4.85. The Labute approximate surface area is 105 Å². The molecule has 0 spiro atoms. The maximum Gasteiger partial charge on any atom is 0.254 e.